The zero-order valence-corrected chi connectivity index (χ0v) is 12.0. The molecular formula is C12H22NO4S+. The van der Waals surface area contributed by atoms with Crippen molar-refractivity contribution in [2.45, 2.75) is 39.3 Å². The second-order valence-electron chi connectivity index (χ2n) is 4.92. The molecule has 0 aromatic rings. The van der Waals surface area contributed by atoms with E-state index in [0.29, 0.717) is 18.8 Å². The lowest BCUT2D eigenvalue weighted by molar-refractivity contribution is -0.795. The first-order chi connectivity index (χ1) is 8.40. The summed E-state index contributed by atoms with van der Waals surface area (Å²) in [5.41, 5.74) is 0. The van der Waals surface area contributed by atoms with Crippen molar-refractivity contribution in [2.24, 2.45) is 5.92 Å². The molecule has 1 unspecified atom stereocenters. The Labute approximate surface area is 113 Å². The Morgan fingerprint density at radius 3 is 2.61 bits per heavy atom. The number of likely N-dealkylation sites (tertiary alicyclic amines) is 1. The first kappa shape index (κ1) is 15.5. The standard InChI is InChI=1S/C12H21NO4S/c1-4-17-10-5-9(3)13(6-10,12(15)16)11(14)8(2)7-18/h8-10H,4-7H2,1-3H3,(H-,15,16,18)/p+1/t8?,9-,10-,13-/m1/s1. The number of rotatable bonds is 4. The first-order valence-corrected chi connectivity index (χ1v) is 6.91. The Balaban J connectivity index is 3.02. The Kier molecular flexibility index (Phi) is 5.19. The molecule has 5 nitrogen and oxygen atoms in total. The van der Waals surface area contributed by atoms with Crippen molar-refractivity contribution in [3.63, 3.8) is 0 Å². The van der Waals surface area contributed by atoms with Crippen LogP contribution in [-0.4, -0.2) is 52.6 Å². The van der Waals surface area contributed by atoms with Gasteiger partial charge >= 0.3 is 12.0 Å². The molecule has 0 radical (unpaired) electrons. The Morgan fingerprint density at radius 1 is 1.56 bits per heavy atom. The third kappa shape index (κ3) is 2.55. The topological polar surface area (TPSA) is 63.6 Å². The van der Waals surface area contributed by atoms with E-state index in [4.69, 9.17) is 4.74 Å². The van der Waals surface area contributed by atoms with Gasteiger partial charge in [-0.1, -0.05) is 0 Å². The van der Waals surface area contributed by atoms with E-state index in [0.717, 1.165) is 0 Å². The molecule has 1 fully saturated rings. The minimum absolute atomic E-state index is 0.155. The van der Waals surface area contributed by atoms with Crippen LogP contribution in [0.15, 0.2) is 0 Å². The maximum absolute atomic E-state index is 12.4. The van der Waals surface area contributed by atoms with E-state index in [-0.39, 0.29) is 30.5 Å². The third-order valence-corrected chi connectivity index (χ3v) is 4.23. The van der Waals surface area contributed by atoms with Crippen molar-refractivity contribution in [3.8, 4) is 0 Å². The van der Waals surface area contributed by atoms with E-state index in [1.54, 1.807) is 13.8 Å². The molecule has 2 amide bonds. The fraction of sp³-hybridized carbons (Fsp3) is 0.833. The summed E-state index contributed by atoms with van der Waals surface area (Å²) in [6.07, 6.45) is -0.633. The number of quaternary nitrogens is 1. The van der Waals surface area contributed by atoms with Gasteiger partial charge in [-0.15, -0.1) is 0 Å². The van der Waals surface area contributed by atoms with Crippen molar-refractivity contribution >= 4 is 24.6 Å². The zero-order valence-electron chi connectivity index (χ0n) is 11.1. The Bertz CT molecular complexity index is 336. The lowest BCUT2D eigenvalue weighted by atomic mass is 10.1. The van der Waals surface area contributed by atoms with Gasteiger partial charge in [0.2, 0.25) is 0 Å². The molecule has 18 heavy (non-hydrogen) atoms. The summed E-state index contributed by atoms with van der Waals surface area (Å²) in [5.74, 6) is -0.280. The van der Waals surface area contributed by atoms with E-state index >= 15 is 0 Å². The van der Waals surface area contributed by atoms with Crippen LogP contribution in [0.25, 0.3) is 0 Å². The van der Waals surface area contributed by atoms with Crippen LogP contribution in [0, 0.1) is 5.92 Å². The number of hydrogen-bond acceptors (Lipinski definition) is 4. The predicted molar refractivity (Wildman–Crippen MR) is 70.7 cm³/mol. The Morgan fingerprint density at radius 2 is 2.17 bits per heavy atom. The first-order valence-electron chi connectivity index (χ1n) is 6.28. The van der Waals surface area contributed by atoms with E-state index < -0.39 is 10.6 Å². The van der Waals surface area contributed by atoms with Crippen LogP contribution in [0.3, 0.4) is 0 Å². The second-order valence-corrected chi connectivity index (χ2v) is 5.28. The molecule has 1 saturated heterocycles. The maximum Gasteiger partial charge on any atom is 0.521 e. The van der Waals surface area contributed by atoms with Crippen LogP contribution in [0.2, 0.25) is 0 Å². The molecular weight excluding hydrogens is 254 g/mol. The normalized spacial score (nSPS) is 33.3. The molecule has 0 aromatic carbocycles. The van der Waals surface area contributed by atoms with Crippen molar-refractivity contribution in [1.29, 1.82) is 0 Å². The molecule has 1 rings (SSSR count). The van der Waals surface area contributed by atoms with Gasteiger partial charge in [0.15, 0.2) is 0 Å². The second kappa shape index (κ2) is 6.04. The van der Waals surface area contributed by atoms with Gasteiger partial charge in [-0.05, 0) is 20.8 Å². The number of amides is 2. The summed E-state index contributed by atoms with van der Waals surface area (Å²) < 4.78 is 4.97. The van der Waals surface area contributed by atoms with E-state index in [2.05, 4.69) is 12.6 Å². The monoisotopic (exact) mass is 276 g/mol. The number of imide groups is 1. The number of carbonyl (C=O) groups is 2. The van der Waals surface area contributed by atoms with Gasteiger partial charge in [-0.2, -0.15) is 21.9 Å². The minimum atomic E-state index is -1.08. The van der Waals surface area contributed by atoms with Crippen LogP contribution < -0.4 is 0 Å². The van der Waals surface area contributed by atoms with E-state index in [1.165, 1.54) is 0 Å². The summed E-state index contributed by atoms with van der Waals surface area (Å²) in [5, 5.41) is 9.51. The van der Waals surface area contributed by atoms with Crippen LogP contribution in [0.4, 0.5) is 4.79 Å². The molecule has 0 aliphatic carbocycles. The summed E-state index contributed by atoms with van der Waals surface area (Å²) in [4.78, 5) is 24.0. The molecule has 104 valence electrons. The highest BCUT2D eigenvalue weighted by Crippen LogP contribution is 2.32. The molecule has 4 atom stereocenters. The molecule has 1 N–H and O–H groups in total. The highest BCUT2D eigenvalue weighted by Gasteiger charge is 2.57. The van der Waals surface area contributed by atoms with E-state index in [1.807, 2.05) is 6.92 Å². The number of carboxylic acid groups (broad SMARTS) is 1. The number of hydrogen-bond donors (Lipinski definition) is 2. The number of nitrogens with zero attached hydrogens (tertiary/aromatic N) is 1. The van der Waals surface area contributed by atoms with Crippen LogP contribution >= 0.6 is 12.6 Å². The molecule has 0 aromatic heterocycles. The van der Waals surface area contributed by atoms with Gasteiger partial charge in [-0.25, -0.2) is 4.79 Å². The molecule has 1 aliphatic heterocycles. The SMILES string of the molecule is CCO[C@@H]1C[C@@H](C)[N@@+](C(=O)O)(C(=O)C(C)CS)C1. The lowest BCUT2D eigenvalue weighted by Gasteiger charge is -2.31. The van der Waals surface area contributed by atoms with Crippen molar-refractivity contribution in [1.82, 2.24) is 0 Å². The average molecular weight is 276 g/mol. The molecule has 1 aliphatic rings. The molecule has 0 bridgehead atoms. The number of ether oxygens (including phenoxy) is 1. The molecule has 1 heterocycles. The smallest absolute Gasteiger partial charge is 0.435 e. The minimum Gasteiger partial charge on any atom is -0.435 e. The van der Waals surface area contributed by atoms with Crippen molar-refractivity contribution in [3.05, 3.63) is 0 Å². The lowest BCUT2D eigenvalue weighted by Crippen LogP contribution is -2.61. The van der Waals surface area contributed by atoms with Crippen molar-refractivity contribution < 1.29 is 23.9 Å². The molecule has 0 saturated carbocycles. The fourth-order valence-corrected chi connectivity index (χ4v) is 2.79. The number of carbonyl (C=O) groups excluding carboxylic acids is 1. The van der Waals surface area contributed by atoms with E-state index in [9.17, 15) is 14.7 Å². The predicted octanol–water partition coefficient (Wildman–Crippen LogP) is 1.77. The van der Waals surface area contributed by atoms with Crippen LogP contribution in [-0.2, 0) is 9.53 Å². The highest BCUT2D eigenvalue weighted by atomic mass is 32.1. The van der Waals surface area contributed by atoms with Crippen LogP contribution in [0.5, 0.6) is 0 Å². The quantitative estimate of drug-likeness (QED) is 0.607. The molecule has 0 spiro atoms. The summed E-state index contributed by atoms with van der Waals surface area (Å²) in [6, 6.07) is -0.256. The van der Waals surface area contributed by atoms with Gasteiger partial charge in [0, 0.05) is 18.8 Å². The van der Waals surface area contributed by atoms with Crippen molar-refractivity contribution in [2.75, 3.05) is 18.9 Å². The Hall–Kier alpha value is -0.590. The maximum atomic E-state index is 12.4. The summed E-state index contributed by atoms with van der Waals surface area (Å²) in [6.45, 7) is 6.15. The van der Waals surface area contributed by atoms with Gasteiger partial charge in [0.1, 0.15) is 18.7 Å². The average Bonchev–Trinajstić information content (AvgIpc) is 2.65. The highest BCUT2D eigenvalue weighted by molar-refractivity contribution is 7.80. The number of thiol groups is 1. The summed E-state index contributed by atoms with van der Waals surface area (Å²) >= 11 is 4.09. The van der Waals surface area contributed by atoms with Gasteiger partial charge in [-0.3, -0.25) is 0 Å². The van der Waals surface area contributed by atoms with Gasteiger partial charge < -0.3 is 9.84 Å². The molecule has 6 heteroatoms. The van der Waals surface area contributed by atoms with Gasteiger partial charge in [0.05, 0.1) is 5.92 Å². The zero-order chi connectivity index (χ0) is 13.9. The third-order valence-electron chi connectivity index (χ3n) is 3.68. The fourth-order valence-electron chi connectivity index (χ4n) is 2.63. The van der Waals surface area contributed by atoms with Crippen LogP contribution in [0.1, 0.15) is 27.2 Å². The summed E-state index contributed by atoms with van der Waals surface area (Å²) in [7, 11) is 0. The van der Waals surface area contributed by atoms with Gasteiger partial charge in [0.25, 0.3) is 0 Å². The largest absolute Gasteiger partial charge is 0.521 e.